The molecule has 0 aliphatic heterocycles. The van der Waals surface area contributed by atoms with Crippen molar-refractivity contribution < 1.29 is 4.74 Å². The molecule has 1 saturated carbocycles. The number of nitrogens with zero attached hydrogens (tertiary/aromatic N) is 2. The molecule has 1 fully saturated rings. The second kappa shape index (κ2) is 7.06. The molecule has 19 heavy (non-hydrogen) atoms. The third-order valence-electron chi connectivity index (χ3n) is 3.15. The molecule has 1 aliphatic rings. The minimum atomic E-state index is 0.520. The molecule has 0 amide bonds. The zero-order chi connectivity index (χ0) is 13.7. The lowest BCUT2D eigenvalue weighted by Gasteiger charge is -2.11. The van der Waals surface area contributed by atoms with Crippen molar-refractivity contribution in [1.82, 2.24) is 9.97 Å². The van der Waals surface area contributed by atoms with E-state index in [2.05, 4.69) is 22.2 Å². The maximum atomic E-state index is 6.16. The van der Waals surface area contributed by atoms with Crippen LogP contribution in [0.25, 0.3) is 0 Å². The molecule has 0 bridgehead atoms. The van der Waals surface area contributed by atoms with E-state index in [1.165, 1.54) is 12.8 Å². The van der Waals surface area contributed by atoms with Crippen LogP contribution in [0.1, 0.15) is 49.9 Å². The van der Waals surface area contributed by atoms with Gasteiger partial charge in [0.1, 0.15) is 16.8 Å². The van der Waals surface area contributed by atoms with Crippen LogP contribution in [0, 0.1) is 6.92 Å². The van der Waals surface area contributed by atoms with E-state index in [4.69, 9.17) is 16.3 Å². The van der Waals surface area contributed by atoms with Crippen molar-refractivity contribution in [2.75, 3.05) is 25.1 Å². The number of hydrogen-bond acceptors (Lipinski definition) is 4. The number of nitrogens with one attached hydrogen (secondary N) is 1. The summed E-state index contributed by atoms with van der Waals surface area (Å²) in [7, 11) is 0. The quantitative estimate of drug-likeness (QED) is 0.585. The first-order valence-electron chi connectivity index (χ1n) is 7.08. The highest BCUT2D eigenvalue weighted by atomic mass is 35.5. The largest absolute Gasteiger partial charge is 0.381 e. The third kappa shape index (κ3) is 4.32. The fraction of sp³-hybridized carbons (Fsp3) is 0.714. The fourth-order valence-corrected chi connectivity index (χ4v) is 2.01. The van der Waals surface area contributed by atoms with Crippen LogP contribution in [0.15, 0.2) is 0 Å². The van der Waals surface area contributed by atoms with Gasteiger partial charge in [0, 0.05) is 31.2 Å². The predicted octanol–water partition coefficient (Wildman–Crippen LogP) is 3.54. The van der Waals surface area contributed by atoms with Crippen LogP contribution >= 0.6 is 11.6 Å². The van der Waals surface area contributed by atoms with Gasteiger partial charge in [-0.3, -0.25) is 0 Å². The highest BCUT2D eigenvalue weighted by molar-refractivity contribution is 6.30. The van der Waals surface area contributed by atoms with Crippen molar-refractivity contribution in [2.45, 2.75) is 45.4 Å². The van der Waals surface area contributed by atoms with Crippen molar-refractivity contribution in [2.24, 2.45) is 0 Å². The zero-order valence-corrected chi connectivity index (χ0v) is 12.5. The van der Waals surface area contributed by atoms with Gasteiger partial charge in [0.05, 0.1) is 0 Å². The lowest BCUT2D eigenvalue weighted by Crippen LogP contribution is -2.10. The van der Waals surface area contributed by atoms with Crippen LogP contribution in [0.3, 0.4) is 0 Å². The monoisotopic (exact) mass is 283 g/mol. The molecule has 106 valence electrons. The minimum Gasteiger partial charge on any atom is -0.381 e. The van der Waals surface area contributed by atoms with Crippen molar-refractivity contribution >= 4 is 17.4 Å². The van der Waals surface area contributed by atoms with E-state index in [0.717, 1.165) is 49.8 Å². The molecule has 0 spiro atoms. The van der Waals surface area contributed by atoms with E-state index in [0.29, 0.717) is 11.1 Å². The first kappa shape index (κ1) is 14.5. The normalized spacial score (nSPS) is 14.7. The van der Waals surface area contributed by atoms with E-state index >= 15 is 0 Å². The van der Waals surface area contributed by atoms with Crippen LogP contribution in [0.5, 0.6) is 0 Å². The third-order valence-corrected chi connectivity index (χ3v) is 3.52. The van der Waals surface area contributed by atoms with Crippen molar-refractivity contribution in [1.29, 1.82) is 0 Å². The van der Waals surface area contributed by atoms with E-state index < -0.39 is 0 Å². The molecular formula is C14H22ClN3O. The van der Waals surface area contributed by atoms with Crippen LogP contribution in [-0.2, 0) is 4.74 Å². The summed E-state index contributed by atoms with van der Waals surface area (Å²) >= 11 is 6.16. The molecule has 0 unspecified atom stereocenters. The van der Waals surface area contributed by atoms with Crippen molar-refractivity contribution in [3.63, 3.8) is 0 Å². The highest BCUT2D eigenvalue weighted by Gasteiger charge is 2.27. The second-order valence-corrected chi connectivity index (χ2v) is 5.37. The first-order chi connectivity index (χ1) is 9.22. The van der Waals surface area contributed by atoms with Gasteiger partial charge in [0.25, 0.3) is 0 Å². The van der Waals surface area contributed by atoms with Gasteiger partial charge < -0.3 is 10.1 Å². The van der Waals surface area contributed by atoms with Crippen LogP contribution in [0.2, 0.25) is 5.15 Å². The van der Waals surface area contributed by atoms with Gasteiger partial charge in [-0.2, -0.15) is 0 Å². The van der Waals surface area contributed by atoms with Crippen LogP contribution in [-0.4, -0.2) is 29.7 Å². The highest BCUT2D eigenvalue weighted by Crippen LogP contribution is 2.39. The molecule has 1 aromatic heterocycles. The number of hydrogen-bond donors (Lipinski definition) is 1. The second-order valence-electron chi connectivity index (χ2n) is 5.01. The molecule has 0 atom stereocenters. The number of halogens is 1. The van der Waals surface area contributed by atoms with E-state index in [1.54, 1.807) is 0 Å². The van der Waals surface area contributed by atoms with Gasteiger partial charge in [0.2, 0.25) is 0 Å². The minimum absolute atomic E-state index is 0.520. The number of ether oxygens (including phenoxy) is 1. The molecule has 1 aromatic rings. The molecule has 5 heteroatoms. The molecule has 0 saturated heterocycles. The fourth-order valence-electron chi connectivity index (χ4n) is 1.83. The van der Waals surface area contributed by atoms with E-state index in [9.17, 15) is 0 Å². The van der Waals surface area contributed by atoms with Crippen molar-refractivity contribution in [3.05, 3.63) is 16.5 Å². The Kier molecular flexibility index (Phi) is 5.40. The Labute approximate surface area is 119 Å². The maximum Gasteiger partial charge on any atom is 0.137 e. The number of rotatable bonds is 8. The standard InChI is InChI=1S/C14H22ClN3O/c1-3-8-19-9-4-7-16-13-10(2)12(15)17-14(18-13)11-5-6-11/h11H,3-9H2,1-2H3,(H,16,17,18). The summed E-state index contributed by atoms with van der Waals surface area (Å²) in [6.07, 6.45) is 4.41. The number of aromatic nitrogens is 2. The Bertz CT molecular complexity index is 421. The summed E-state index contributed by atoms with van der Waals surface area (Å²) < 4.78 is 5.45. The summed E-state index contributed by atoms with van der Waals surface area (Å²) in [5.74, 6) is 2.28. The van der Waals surface area contributed by atoms with Crippen LogP contribution in [0.4, 0.5) is 5.82 Å². The smallest absolute Gasteiger partial charge is 0.137 e. The summed E-state index contributed by atoms with van der Waals surface area (Å²) in [5, 5.41) is 3.91. The molecule has 2 rings (SSSR count). The van der Waals surface area contributed by atoms with Gasteiger partial charge in [-0.05, 0) is 32.6 Å². The maximum absolute atomic E-state index is 6.16. The van der Waals surface area contributed by atoms with Gasteiger partial charge >= 0.3 is 0 Å². The predicted molar refractivity (Wildman–Crippen MR) is 78.0 cm³/mol. The van der Waals surface area contributed by atoms with Crippen LogP contribution < -0.4 is 5.32 Å². The molecule has 1 heterocycles. The topological polar surface area (TPSA) is 47.0 Å². The number of anilines is 1. The Hall–Kier alpha value is -0.870. The van der Waals surface area contributed by atoms with Gasteiger partial charge in [0.15, 0.2) is 0 Å². The Morgan fingerprint density at radius 3 is 2.79 bits per heavy atom. The SMILES string of the molecule is CCCOCCCNc1nc(C2CC2)nc(Cl)c1C. The Morgan fingerprint density at radius 1 is 1.32 bits per heavy atom. The van der Waals surface area contributed by atoms with Crippen molar-refractivity contribution in [3.8, 4) is 0 Å². The molecule has 1 N–H and O–H groups in total. The average molecular weight is 284 g/mol. The summed E-state index contributed by atoms with van der Waals surface area (Å²) in [6, 6.07) is 0. The zero-order valence-electron chi connectivity index (χ0n) is 11.7. The van der Waals surface area contributed by atoms with Gasteiger partial charge in [-0.25, -0.2) is 9.97 Å². The average Bonchev–Trinajstić information content (AvgIpc) is 3.22. The van der Waals surface area contributed by atoms with E-state index in [-0.39, 0.29) is 0 Å². The van der Waals surface area contributed by atoms with Gasteiger partial charge in [-0.1, -0.05) is 18.5 Å². The van der Waals surface area contributed by atoms with E-state index in [1.807, 2.05) is 6.92 Å². The molecule has 0 radical (unpaired) electrons. The molecular weight excluding hydrogens is 262 g/mol. The summed E-state index contributed by atoms with van der Waals surface area (Å²) in [6.45, 7) is 6.54. The summed E-state index contributed by atoms with van der Waals surface area (Å²) in [5.41, 5.74) is 0.931. The Balaban J connectivity index is 1.84. The molecule has 0 aromatic carbocycles. The summed E-state index contributed by atoms with van der Waals surface area (Å²) in [4.78, 5) is 8.94. The molecule has 4 nitrogen and oxygen atoms in total. The molecule has 1 aliphatic carbocycles. The Morgan fingerprint density at radius 2 is 2.11 bits per heavy atom. The lowest BCUT2D eigenvalue weighted by atomic mass is 10.3. The van der Waals surface area contributed by atoms with Gasteiger partial charge in [-0.15, -0.1) is 0 Å². The lowest BCUT2D eigenvalue weighted by molar-refractivity contribution is 0.134. The first-order valence-corrected chi connectivity index (χ1v) is 7.45.